The highest BCUT2D eigenvalue weighted by Crippen LogP contribution is 2.35. The van der Waals surface area contributed by atoms with E-state index >= 15 is 0 Å². The summed E-state index contributed by atoms with van der Waals surface area (Å²) in [6, 6.07) is 18.6. The Morgan fingerprint density at radius 2 is 1.89 bits per heavy atom. The molecule has 4 rings (SSSR count). The topological polar surface area (TPSA) is 66.5 Å². The molecule has 1 aromatic heterocycles. The minimum absolute atomic E-state index is 0.0393. The van der Waals surface area contributed by atoms with Gasteiger partial charge in [0.2, 0.25) is 5.91 Å². The van der Waals surface area contributed by atoms with Crippen LogP contribution in [0.2, 0.25) is 0 Å². The van der Waals surface area contributed by atoms with Crippen LogP contribution >= 0.6 is 0 Å². The van der Waals surface area contributed by atoms with Gasteiger partial charge in [-0.05, 0) is 106 Å². The molecule has 1 aliphatic heterocycles. The molecule has 0 bridgehead atoms. The number of piperidine rings is 1. The van der Waals surface area contributed by atoms with E-state index in [9.17, 15) is 4.79 Å². The maximum Gasteiger partial charge on any atom is 0.238 e. The maximum absolute atomic E-state index is 12.6. The summed E-state index contributed by atoms with van der Waals surface area (Å²) in [5, 5.41) is 7.66. The van der Waals surface area contributed by atoms with Gasteiger partial charge in [0.25, 0.3) is 0 Å². The van der Waals surface area contributed by atoms with E-state index in [-0.39, 0.29) is 5.91 Å². The quantitative estimate of drug-likeness (QED) is 0.380. The van der Waals surface area contributed by atoms with E-state index in [1.807, 2.05) is 37.3 Å². The lowest BCUT2D eigenvalue weighted by Gasteiger charge is -2.31. The van der Waals surface area contributed by atoms with E-state index in [0.29, 0.717) is 25.0 Å². The lowest BCUT2D eigenvalue weighted by Crippen LogP contribution is -2.33. The molecule has 2 N–H and O–H groups in total. The molecule has 3 aromatic rings. The molecule has 0 aliphatic carbocycles. The van der Waals surface area contributed by atoms with Crippen LogP contribution in [0.5, 0.6) is 5.75 Å². The van der Waals surface area contributed by atoms with Crippen LogP contribution in [0.1, 0.15) is 50.3 Å². The second-order valence-electron chi connectivity index (χ2n) is 9.74. The number of carbonyl (C=O) groups is 1. The van der Waals surface area contributed by atoms with Crippen molar-refractivity contribution in [3.63, 3.8) is 0 Å². The van der Waals surface area contributed by atoms with Crippen LogP contribution in [0.3, 0.4) is 0 Å². The summed E-state index contributed by atoms with van der Waals surface area (Å²) in [6.45, 7) is 11.1. The van der Waals surface area contributed by atoms with Crippen LogP contribution < -0.4 is 15.4 Å². The SMILES string of the molecule is CCN(CC)CC(=O)Nc1cccc(C(CCOc2cccc3nc(C)ccc23)C2CCNCC2)c1. The Morgan fingerprint density at radius 1 is 1.11 bits per heavy atom. The van der Waals surface area contributed by atoms with Crippen molar-refractivity contribution in [3.8, 4) is 5.75 Å². The number of carbonyl (C=O) groups excluding carboxylic acids is 1. The minimum atomic E-state index is 0.0393. The molecule has 1 aliphatic rings. The van der Waals surface area contributed by atoms with Crippen LogP contribution in [-0.2, 0) is 4.79 Å². The van der Waals surface area contributed by atoms with Gasteiger partial charge >= 0.3 is 0 Å². The zero-order valence-corrected chi connectivity index (χ0v) is 21.9. The number of pyridine rings is 1. The Bertz CT molecular complexity index is 1140. The van der Waals surface area contributed by atoms with Crippen LogP contribution in [0.15, 0.2) is 54.6 Å². The highest BCUT2D eigenvalue weighted by molar-refractivity contribution is 5.92. The number of benzene rings is 2. The number of aromatic nitrogens is 1. The molecule has 36 heavy (non-hydrogen) atoms. The van der Waals surface area contributed by atoms with Crippen molar-refractivity contribution >= 4 is 22.5 Å². The zero-order valence-electron chi connectivity index (χ0n) is 21.9. The molecular formula is C30H40N4O2. The number of ether oxygens (including phenoxy) is 1. The molecule has 6 nitrogen and oxygen atoms in total. The van der Waals surface area contributed by atoms with Crippen LogP contribution in [0, 0.1) is 12.8 Å². The Hall–Kier alpha value is -2.96. The summed E-state index contributed by atoms with van der Waals surface area (Å²) >= 11 is 0. The molecule has 6 heteroatoms. The largest absolute Gasteiger partial charge is 0.493 e. The average molecular weight is 489 g/mol. The minimum Gasteiger partial charge on any atom is -0.493 e. The molecule has 0 saturated carbocycles. The number of nitrogens with one attached hydrogen (secondary N) is 2. The van der Waals surface area contributed by atoms with Crippen molar-refractivity contribution in [3.05, 3.63) is 65.9 Å². The Morgan fingerprint density at radius 3 is 2.67 bits per heavy atom. The number of likely N-dealkylation sites (N-methyl/N-ethyl adjacent to an activating group) is 1. The third-order valence-electron chi connectivity index (χ3n) is 7.33. The fourth-order valence-corrected chi connectivity index (χ4v) is 5.27. The summed E-state index contributed by atoms with van der Waals surface area (Å²) in [5.41, 5.74) is 4.13. The monoisotopic (exact) mass is 488 g/mol. The van der Waals surface area contributed by atoms with Gasteiger partial charge in [0.05, 0.1) is 18.7 Å². The van der Waals surface area contributed by atoms with Crippen molar-refractivity contribution < 1.29 is 9.53 Å². The van der Waals surface area contributed by atoms with Gasteiger partial charge in [-0.15, -0.1) is 0 Å². The Kier molecular flexibility index (Phi) is 9.31. The molecule has 1 saturated heterocycles. The zero-order chi connectivity index (χ0) is 25.3. The first-order chi connectivity index (χ1) is 17.6. The fraction of sp³-hybridized carbons (Fsp3) is 0.467. The number of anilines is 1. The number of hydrogen-bond acceptors (Lipinski definition) is 5. The van der Waals surface area contributed by atoms with E-state index < -0.39 is 0 Å². The second-order valence-corrected chi connectivity index (χ2v) is 9.74. The second kappa shape index (κ2) is 12.8. The normalized spacial score (nSPS) is 15.2. The van der Waals surface area contributed by atoms with Crippen molar-refractivity contribution in [1.82, 2.24) is 15.2 Å². The maximum atomic E-state index is 12.6. The van der Waals surface area contributed by atoms with Crippen molar-refractivity contribution in [2.24, 2.45) is 5.92 Å². The molecule has 192 valence electrons. The smallest absolute Gasteiger partial charge is 0.238 e. The third kappa shape index (κ3) is 6.83. The number of rotatable bonds is 11. The average Bonchev–Trinajstić information content (AvgIpc) is 2.90. The molecule has 0 radical (unpaired) electrons. The fourth-order valence-electron chi connectivity index (χ4n) is 5.27. The summed E-state index contributed by atoms with van der Waals surface area (Å²) in [7, 11) is 0. The van der Waals surface area contributed by atoms with Crippen molar-refractivity contribution in [2.75, 3.05) is 44.6 Å². The summed E-state index contributed by atoms with van der Waals surface area (Å²) in [5.74, 6) is 1.90. The lowest BCUT2D eigenvalue weighted by molar-refractivity contribution is -0.117. The number of aryl methyl sites for hydroxylation is 1. The van der Waals surface area contributed by atoms with Gasteiger partial charge in [-0.3, -0.25) is 14.7 Å². The number of fused-ring (bicyclic) bond motifs is 1. The molecule has 1 unspecified atom stereocenters. The molecule has 0 spiro atoms. The Balaban J connectivity index is 1.47. The van der Waals surface area contributed by atoms with Gasteiger partial charge in [-0.25, -0.2) is 0 Å². The summed E-state index contributed by atoms with van der Waals surface area (Å²) in [4.78, 5) is 19.4. The summed E-state index contributed by atoms with van der Waals surface area (Å²) < 4.78 is 6.33. The Labute approximate surface area is 215 Å². The molecule has 2 heterocycles. The van der Waals surface area contributed by atoms with E-state index in [0.717, 1.165) is 73.5 Å². The third-order valence-corrected chi connectivity index (χ3v) is 7.33. The predicted octanol–water partition coefficient (Wildman–Crippen LogP) is 5.38. The standard InChI is InChI=1S/C30H40N4O2/c1-4-34(5-2)21-30(35)33-25-9-6-8-24(20-25)26(23-14-17-31-18-15-23)16-19-36-29-11-7-10-28-27(29)13-12-22(3)32-28/h6-13,20,23,26,31H,4-5,14-19,21H2,1-3H3,(H,33,35). The van der Waals surface area contributed by atoms with Crippen LogP contribution in [0.25, 0.3) is 10.9 Å². The highest BCUT2D eigenvalue weighted by atomic mass is 16.5. The van der Waals surface area contributed by atoms with Gasteiger partial charge in [-0.1, -0.05) is 32.0 Å². The lowest BCUT2D eigenvalue weighted by atomic mass is 9.78. The molecular weight excluding hydrogens is 448 g/mol. The molecule has 1 amide bonds. The van der Waals surface area contributed by atoms with E-state index in [1.54, 1.807) is 0 Å². The number of nitrogens with zero attached hydrogens (tertiary/aromatic N) is 2. The van der Waals surface area contributed by atoms with Crippen LogP contribution in [0.4, 0.5) is 5.69 Å². The van der Waals surface area contributed by atoms with Crippen molar-refractivity contribution in [1.29, 1.82) is 0 Å². The highest BCUT2D eigenvalue weighted by Gasteiger charge is 2.25. The van der Waals surface area contributed by atoms with Gasteiger partial charge in [0.1, 0.15) is 5.75 Å². The molecule has 1 fully saturated rings. The van der Waals surface area contributed by atoms with E-state index in [4.69, 9.17) is 4.74 Å². The van der Waals surface area contributed by atoms with Gasteiger partial charge in [0, 0.05) is 16.8 Å². The first kappa shape index (κ1) is 26.1. The number of amides is 1. The summed E-state index contributed by atoms with van der Waals surface area (Å²) in [6.07, 6.45) is 3.23. The molecule has 1 atom stereocenters. The van der Waals surface area contributed by atoms with E-state index in [1.165, 1.54) is 5.56 Å². The van der Waals surface area contributed by atoms with Crippen LogP contribution in [-0.4, -0.2) is 55.1 Å². The van der Waals surface area contributed by atoms with Gasteiger partial charge in [0.15, 0.2) is 0 Å². The van der Waals surface area contributed by atoms with Gasteiger partial charge in [-0.2, -0.15) is 0 Å². The first-order valence-electron chi connectivity index (χ1n) is 13.4. The molecule has 2 aromatic carbocycles. The first-order valence-corrected chi connectivity index (χ1v) is 13.4. The number of hydrogen-bond donors (Lipinski definition) is 2. The van der Waals surface area contributed by atoms with Crippen molar-refractivity contribution in [2.45, 2.75) is 46.0 Å². The predicted molar refractivity (Wildman–Crippen MR) is 148 cm³/mol. The van der Waals surface area contributed by atoms with Gasteiger partial charge < -0.3 is 15.4 Å². The van der Waals surface area contributed by atoms with E-state index in [2.05, 4.69) is 58.6 Å².